The maximum Gasteiger partial charge on any atom is 0.0312 e. The van der Waals surface area contributed by atoms with Crippen molar-refractivity contribution in [2.75, 3.05) is 32.7 Å². The first-order valence-corrected chi connectivity index (χ1v) is 8.40. The molecule has 2 atom stereocenters. The van der Waals surface area contributed by atoms with Gasteiger partial charge in [-0.2, -0.15) is 0 Å². The van der Waals surface area contributed by atoms with Gasteiger partial charge in [0.25, 0.3) is 0 Å². The zero-order valence-electron chi connectivity index (χ0n) is 13.2. The van der Waals surface area contributed by atoms with Gasteiger partial charge in [-0.25, -0.2) is 0 Å². The van der Waals surface area contributed by atoms with Crippen LogP contribution < -0.4 is 5.32 Å². The number of nitrogens with zero attached hydrogens (tertiary/aromatic N) is 3. The van der Waals surface area contributed by atoms with Gasteiger partial charge in [-0.15, -0.1) is 0 Å². The van der Waals surface area contributed by atoms with Crippen LogP contribution in [0.3, 0.4) is 0 Å². The first-order valence-electron chi connectivity index (χ1n) is 8.40. The zero-order chi connectivity index (χ0) is 14.5. The van der Waals surface area contributed by atoms with E-state index in [1.54, 1.807) is 0 Å². The molecule has 2 saturated heterocycles. The van der Waals surface area contributed by atoms with Gasteiger partial charge in [0.05, 0.1) is 0 Å². The molecule has 2 unspecified atom stereocenters. The second kappa shape index (κ2) is 7.34. The Balaban J connectivity index is 1.40. The number of pyridine rings is 1. The first kappa shape index (κ1) is 14.9. The summed E-state index contributed by atoms with van der Waals surface area (Å²) < 4.78 is 0. The molecule has 0 radical (unpaired) electrons. The highest BCUT2D eigenvalue weighted by Gasteiger charge is 2.32. The fourth-order valence-electron chi connectivity index (χ4n) is 3.68. The second-order valence-electron chi connectivity index (χ2n) is 6.53. The maximum atomic E-state index is 4.15. The predicted octanol–water partition coefficient (Wildman–Crippen LogP) is 1.73. The van der Waals surface area contributed by atoms with Crippen LogP contribution in [0.5, 0.6) is 0 Å². The van der Waals surface area contributed by atoms with E-state index in [9.17, 15) is 0 Å². The smallest absolute Gasteiger partial charge is 0.0312 e. The molecule has 116 valence electrons. The quantitative estimate of drug-likeness (QED) is 0.836. The average molecular weight is 288 g/mol. The molecule has 0 aromatic carbocycles. The van der Waals surface area contributed by atoms with Crippen molar-refractivity contribution in [3.05, 3.63) is 30.1 Å². The third kappa shape index (κ3) is 4.02. The van der Waals surface area contributed by atoms with Crippen LogP contribution in [0.2, 0.25) is 0 Å². The van der Waals surface area contributed by atoms with E-state index in [0.717, 1.165) is 25.7 Å². The number of nitrogens with one attached hydrogen (secondary N) is 1. The van der Waals surface area contributed by atoms with Gasteiger partial charge in [-0.05, 0) is 37.9 Å². The molecule has 0 aliphatic carbocycles. The molecular weight excluding hydrogens is 260 g/mol. The number of hydrogen-bond donors (Lipinski definition) is 1. The van der Waals surface area contributed by atoms with Crippen LogP contribution in [0.25, 0.3) is 0 Å². The number of aromatic nitrogens is 1. The molecule has 2 aliphatic heterocycles. The summed E-state index contributed by atoms with van der Waals surface area (Å²) >= 11 is 0. The summed E-state index contributed by atoms with van der Waals surface area (Å²) in [6.45, 7) is 9.36. The Morgan fingerprint density at radius 2 is 2.29 bits per heavy atom. The fraction of sp³-hybridized carbons (Fsp3) is 0.706. The molecule has 0 bridgehead atoms. The van der Waals surface area contributed by atoms with Crippen LogP contribution in [0, 0.1) is 0 Å². The van der Waals surface area contributed by atoms with Gasteiger partial charge in [0.2, 0.25) is 0 Å². The maximum absolute atomic E-state index is 4.15. The van der Waals surface area contributed by atoms with E-state index in [-0.39, 0.29) is 0 Å². The highest BCUT2D eigenvalue weighted by Crippen LogP contribution is 2.23. The van der Waals surface area contributed by atoms with Gasteiger partial charge in [0.15, 0.2) is 0 Å². The van der Waals surface area contributed by atoms with Crippen LogP contribution in [0.1, 0.15) is 31.7 Å². The Labute approximate surface area is 128 Å². The average Bonchev–Trinajstić information content (AvgIpc) is 2.53. The first-order chi connectivity index (χ1) is 10.3. The molecule has 1 aromatic rings. The Hall–Kier alpha value is -0.970. The third-order valence-corrected chi connectivity index (χ3v) is 4.94. The Bertz CT molecular complexity index is 422. The normalized spacial score (nSPS) is 27.5. The number of rotatable bonds is 5. The molecule has 4 heteroatoms. The lowest BCUT2D eigenvalue weighted by atomic mass is 9.97. The summed E-state index contributed by atoms with van der Waals surface area (Å²) in [5, 5.41) is 3.55. The molecule has 2 aliphatic rings. The third-order valence-electron chi connectivity index (χ3n) is 4.94. The van der Waals surface area contributed by atoms with Crippen LogP contribution in [-0.2, 0) is 6.54 Å². The number of piperazine rings is 1. The molecule has 1 N–H and O–H groups in total. The Kier molecular flexibility index (Phi) is 5.22. The standard InChI is InChI=1S/C17H28N4/c1-15-13-21-9-3-2-6-17(21)14-20(15)10-8-19-12-16-5-4-7-18-11-16/h4-5,7,11,15,17,19H,2-3,6,8-10,12-14H2,1H3. The summed E-state index contributed by atoms with van der Waals surface area (Å²) in [5.74, 6) is 0. The lowest BCUT2D eigenvalue weighted by Crippen LogP contribution is -2.59. The molecule has 3 heterocycles. The van der Waals surface area contributed by atoms with E-state index in [1.165, 1.54) is 44.5 Å². The van der Waals surface area contributed by atoms with E-state index in [2.05, 4.69) is 33.1 Å². The van der Waals surface area contributed by atoms with Crippen molar-refractivity contribution in [3.63, 3.8) is 0 Å². The monoisotopic (exact) mass is 288 g/mol. The minimum absolute atomic E-state index is 0.694. The lowest BCUT2D eigenvalue weighted by molar-refractivity contribution is 0.0160. The van der Waals surface area contributed by atoms with Gasteiger partial charge in [-0.3, -0.25) is 14.8 Å². The number of hydrogen-bond acceptors (Lipinski definition) is 4. The van der Waals surface area contributed by atoms with Crippen molar-refractivity contribution < 1.29 is 0 Å². The van der Waals surface area contributed by atoms with Gasteiger partial charge >= 0.3 is 0 Å². The van der Waals surface area contributed by atoms with E-state index in [4.69, 9.17) is 0 Å². The number of piperidine rings is 1. The molecular formula is C17H28N4. The van der Waals surface area contributed by atoms with E-state index in [0.29, 0.717) is 6.04 Å². The van der Waals surface area contributed by atoms with Crippen molar-refractivity contribution >= 4 is 0 Å². The molecule has 1 aromatic heterocycles. The van der Waals surface area contributed by atoms with Crippen LogP contribution >= 0.6 is 0 Å². The van der Waals surface area contributed by atoms with Gasteiger partial charge in [-0.1, -0.05) is 12.5 Å². The molecule has 21 heavy (non-hydrogen) atoms. The summed E-state index contributed by atoms with van der Waals surface area (Å²) in [6.07, 6.45) is 7.98. The van der Waals surface area contributed by atoms with Crippen LogP contribution in [-0.4, -0.2) is 59.6 Å². The zero-order valence-corrected chi connectivity index (χ0v) is 13.2. The molecule has 3 rings (SSSR count). The van der Waals surface area contributed by atoms with Gasteiger partial charge < -0.3 is 5.32 Å². The topological polar surface area (TPSA) is 31.4 Å². The Morgan fingerprint density at radius 1 is 1.33 bits per heavy atom. The minimum atomic E-state index is 0.694. The van der Waals surface area contributed by atoms with Crippen molar-refractivity contribution in [3.8, 4) is 0 Å². The molecule has 2 fully saturated rings. The lowest BCUT2D eigenvalue weighted by Gasteiger charge is -2.47. The van der Waals surface area contributed by atoms with Crippen LogP contribution in [0.4, 0.5) is 0 Å². The predicted molar refractivity (Wildman–Crippen MR) is 86.2 cm³/mol. The summed E-state index contributed by atoms with van der Waals surface area (Å²) in [4.78, 5) is 9.54. The van der Waals surface area contributed by atoms with Gasteiger partial charge in [0, 0.05) is 57.2 Å². The van der Waals surface area contributed by atoms with E-state index in [1.807, 2.05) is 18.5 Å². The highest BCUT2D eigenvalue weighted by molar-refractivity contribution is 5.07. The van der Waals surface area contributed by atoms with Gasteiger partial charge in [0.1, 0.15) is 0 Å². The highest BCUT2D eigenvalue weighted by atomic mass is 15.3. The Morgan fingerprint density at radius 3 is 3.14 bits per heavy atom. The summed E-state index contributed by atoms with van der Waals surface area (Å²) in [6, 6.07) is 5.64. The van der Waals surface area contributed by atoms with Crippen LogP contribution in [0.15, 0.2) is 24.5 Å². The second-order valence-corrected chi connectivity index (χ2v) is 6.53. The SMILES string of the molecule is CC1CN2CCCCC2CN1CCNCc1cccnc1. The molecule has 0 spiro atoms. The molecule has 0 amide bonds. The van der Waals surface area contributed by atoms with Crippen molar-refractivity contribution in [2.45, 2.75) is 44.8 Å². The van der Waals surface area contributed by atoms with Crippen molar-refractivity contribution in [1.82, 2.24) is 20.1 Å². The molecule has 0 saturated carbocycles. The minimum Gasteiger partial charge on any atom is -0.311 e. The van der Waals surface area contributed by atoms with Crippen molar-refractivity contribution in [2.24, 2.45) is 0 Å². The van der Waals surface area contributed by atoms with Crippen molar-refractivity contribution in [1.29, 1.82) is 0 Å². The van der Waals surface area contributed by atoms with E-state index < -0.39 is 0 Å². The largest absolute Gasteiger partial charge is 0.311 e. The number of fused-ring (bicyclic) bond motifs is 1. The van der Waals surface area contributed by atoms with E-state index >= 15 is 0 Å². The fourth-order valence-corrected chi connectivity index (χ4v) is 3.68. The summed E-state index contributed by atoms with van der Waals surface area (Å²) in [5.41, 5.74) is 1.27. The summed E-state index contributed by atoms with van der Waals surface area (Å²) in [7, 11) is 0. The molecule has 4 nitrogen and oxygen atoms in total.